The SMILES string of the molecule is CCCOc1ccc([N+](=O)[O-])cc1. The van der Waals surface area contributed by atoms with Gasteiger partial charge < -0.3 is 4.74 Å². The van der Waals surface area contributed by atoms with Crippen LogP contribution in [0.2, 0.25) is 0 Å². The van der Waals surface area contributed by atoms with E-state index in [-0.39, 0.29) is 5.69 Å². The van der Waals surface area contributed by atoms with Gasteiger partial charge in [0.1, 0.15) is 5.75 Å². The molecule has 0 N–H and O–H groups in total. The standard InChI is InChI=1S/C9H11NO3/c1-2-7-13-9-5-3-8(4-6-9)10(11)12/h3-6H,2,7H2,1H3. The summed E-state index contributed by atoms with van der Waals surface area (Å²) in [7, 11) is 0. The van der Waals surface area contributed by atoms with E-state index in [4.69, 9.17) is 4.74 Å². The summed E-state index contributed by atoms with van der Waals surface area (Å²) in [5.74, 6) is 0.674. The molecule has 0 aliphatic heterocycles. The maximum atomic E-state index is 10.3. The second-order valence-corrected chi connectivity index (χ2v) is 2.60. The molecular weight excluding hydrogens is 170 g/mol. The Hall–Kier alpha value is -1.58. The molecule has 0 aliphatic carbocycles. The van der Waals surface area contributed by atoms with E-state index in [1.54, 1.807) is 12.1 Å². The maximum Gasteiger partial charge on any atom is 0.269 e. The number of non-ortho nitro benzene ring substituents is 1. The molecule has 0 radical (unpaired) electrons. The summed E-state index contributed by atoms with van der Waals surface area (Å²) in [6.07, 6.45) is 0.928. The fourth-order valence-corrected chi connectivity index (χ4v) is 0.884. The molecule has 0 aliphatic rings. The zero-order chi connectivity index (χ0) is 9.68. The average Bonchev–Trinajstić information content (AvgIpc) is 2.15. The van der Waals surface area contributed by atoms with E-state index in [0.717, 1.165) is 6.42 Å². The quantitative estimate of drug-likeness (QED) is 0.529. The molecule has 0 heterocycles. The Bertz CT molecular complexity index is 281. The predicted octanol–water partition coefficient (Wildman–Crippen LogP) is 2.38. The third-order valence-electron chi connectivity index (χ3n) is 1.52. The molecular formula is C9H11NO3. The highest BCUT2D eigenvalue weighted by Gasteiger charge is 2.03. The summed E-state index contributed by atoms with van der Waals surface area (Å²) in [6.45, 7) is 2.64. The van der Waals surface area contributed by atoms with Gasteiger partial charge in [-0.2, -0.15) is 0 Å². The van der Waals surface area contributed by atoms with Crippen LogP contribution in [0.4, 0.5) is 5.69 Å². The first-order valence-electron chi connectivity index (χ1n) is 4.11. The van der Waals surface area contributed by atoms with Crippen molar-refractivity contribution in [3.8, 4) is 5.75 Å². The van der Waals surface area contributed by atoms with Gasteiger partial charge in [0.2, 0.25) is 0 Å². The van der Waals surface area contributed by atoms with Crippen molar-refractivity contribution in [3.63, 3.8) is 0 Å². The van der Waals surface area contributed by atoms with E-state index in [1.165, 1.54) is 12.1 Å². The molecule has 1 rings (SSSR count). The molecule has 0 bridgehead atoms. The molecule has 4 heteroatoms. The Morgan fingerprint density at radius 3 is 2.46 bits per heavy atom. The van der Waals surface area contributed by atoms with Crippen LogP contribution in [0.25, 0.3) is 0 Å². The number of benzene rings is 1. The summed E-state index contributed by atoms with van der Waals surface area (Å²) in [6, 6.07) is 6.08. The molecule has 13 heavy (non-hydrogen) atoms. The Labute approximate surface area is 76.3 Å². The van der Waals surface area contributed by atoms with Gasteiger partial charge in [-0.1, -0.05) is 6.92 Å². The molecule has 1 aromatic carbocycles. The third kappa shape index (κ3) is 2.74. The molecule has 70 valence electrons. The van der Waals surface area contributed by atoms with Crippen LogP contribution in [0.15, 0.2) is 24.3 Å². The molecule has 1 aromatic rings. The van der Waals surface area contributed by atoms with Gasteiger partial charge in [0.25, 0.3) is 5.69 Å². The molecule has 0 saturated carbocycles. The number of hydrogen-bond acceptors (Lipinski definition) is 3. The summed E-state index contributed by atoms with van der Waals surface area (Å²) < 4.78 is 5.27. The summed E-state index contributed by atoms with van der Waals surface area (Å²) in [5.41, 5.74) is 0.0869. The van der Waals surface area contributed by atoms with E-state index in [1.807, 2.05) is 6.92 Å². The van der Waals surface area contributed by atoms with Crippen LogP contribution in [-0.4, -0.2) is 11.5 Å². The fourth-order valence-electron chi connectivity index (χ4n) is 0.884. The monoisotopic (exact) mass is 181 g/mol. The highest BCUT2D eigenvalue weighted by atomic mass is 16.6. The fraction of sp³-hybridized carbons (Fsp3) is 0.333. The Morgan fingerprint density at radius 2 is 2.00 bits per heavy atom. The number of nitro groups is 1. The number of rotatable bonds is 4. The maximum absolute atomic E-state index is 10.3. The van der Waals surface area contributed by atoms with Gasteiger partial charge in [-0.15, -0.1) is 0 Å². The Morgan fingerprint density at radius 1 is 1.38 bits per heavy atom. The summed E-state index contributed by atoms with van der Waals surface area (Å²) in [4.78, 5) is 9.86. The lowest BCUT2D eigenvalue weighted by Gasteiger charge is -2.02. The average molecular weight is 181 g/mol. The second kappa shape index (κ2) is 4.45. The van der Waals surface area contributed by atoms with Crippen molar-refractivity contribution in [1.82, 2.24) is 0 Å². The molecule has 0 saturated heterocycles. The van der Waals surface area contributed by atoms with Crippen LogP contribution in [0.5, 0.6) is 5.75 Å². The Balaban J connectivity index is 2.64. The molecule has 0 amide bonds. The highest BCUT2D eigenvalue weighted by Crippen LogP contribution is 2.17. The first-order valence-corrected chi connectivity index (χ1v) is 4.11. The molecule has 0 atom stereocenters. The van der Waals surface area contributed by atoms with E-state index in [0.29, 0.717) is 12.4 Å². The van der Waals surface area contributed by atoms with Crippen LogP contribution >= 0.6 is 0 Å². The first-order chi connectivity index (χ1) is 6.24. The first kappa shape index (κ1) is 9.51. The normalized spacial score (nSPS) is 9.62. The van der Waals surface area contributed by atoms with Gasteiger partial charge in [0.05, 0.1) is 11.5 Å². The second-order valence-electron chi connectivity index (χ2n) is 2.60. The molecule has 0 unspecified atom stereocenters. The van der Waals surface area contributed by atoms with Crippen LogP contribution in [0, 0.1) is 10.1 Å². The lowest BCUT2D eigenvalue weighted by atomic mass is 10.3. The molecule has 0 spiro atoms. The van der Waals surface area contributed by atoms with Gasteiger partial charge in [-0.05, 0) is 18.6 Å². The highest BCUT2D eigenvalue weighted by molar-refractivity contribution is 5.35. The van der Waals surface area contributed by atoms with Gasteiger partial charge >= 0.3 is 0 Å². The number of ether oxygens (including phenoxy) is 1. The van der Waals surface area contributed by atoms with Crippen molar-refractivity contribution < 1.29 is 9.66 Å². The number of hydrogen-bond donors (Lipinski definition) is 0. The minimum atomic E-state index is -0.427. The predicted molar refractivity (Wildman–Crippen MR) is 48.9 cm³/mol. The third-order valence-corrected chi connectivity index (χ3v) is 1.52. The largest absolute Gasteiger partial charge is 0.494 e. The van der Waals surface area contributed by atoms with Gasteiger partial charge in [0.15, 0.2) is 0 Å². The van der Waals surface area contributed by atoms with Crippen molar-refractivity contribution in [1.29, 1.82) is 0 Å². The van der Waals surface area contributed by atoms with Crippen molar-refractivity contribution in [2.24, 2.45) is 0 Å². The van der Waals surface area contributed by atoms with Crippen molar-refractivity contribution >= 4 is 5.69 Å². The van der Waals surface area contributed by atoms with Crippen LogP contribution in [-0.2, 0) is 0 Å². The summed E-state index contributed by atoms with van der Waals surface area (Å²) >= 11 is 0. The lowest BCUT2D eigenvalue weighted by molar-refractivity contribution is -0.384. The van der Waals surface area contributed by atoms with E-state index in [9.17, 15) is 10.1 Å². The van der Waals surface area contributed by atoms with Crippen molar-refractivity contribution in [2.45, 2.75) is 13.3 Å². The molecule has 0 aromatic heterocycles. The number of nitrogens with zero attached hydrogens (tertiary/aromatic N) is 1. The van der Waals surface area contributed by atoms with Gasteiger partial charge in [-0.25, -0.2) is 0 Å². The van der Waals surface area contributed by atoms with Crippen LogP contribution < -0.4 is 4.74 Å². The van der Waals surface area contributed by atoms with E-state index >= 15 is 0 Å². The van der Waals surface area contributed by atoms with Crippen LogP contribution in [0.3, 0.4) is 0 Å². The zero-order valence-electron chi connectivity index (χ0n) is 7.40. The summed E-state index contributed by atoms with van der Waals surface area (Å²) in [5, 5.41) is 10.3. The Kier molecular flexibility index (Phi) is 3.25. The van der Waals surface area contributed by atoms with Gasteiger partial charge in [0, 0.05) is 12.1 Å². The van der Waals surface area contributed by atoms with Gasteiger partial charge in [-0.3, -0.25) is 10.1 Å². The zero-order valence-corrected chi connectivity index (χ0v) is 7.40. The van der Waals surface area contributed by atoms with Crippen LogP contribution in [0.1, 0.15) is 13.3 Å². The minimum absolute atomic E-state index is 0.0869. The minimum Gasteiger partial charge on any atom is -0.494 e. The topological polar surface area (TPSA) is 52.4 Å². The number of nitro benzene ring substituents is 1. The lowest BCUT2D eigenvalue weighted by Crippen LogP contribution is -1.95. The molecule has 0 fully saturated rings. The molecule has 4 nitrogen and oxygen atoms in total. The van der Waals surface area contributed by atoms with E-state index in [2.05, 4.69) is 0 Å². The smallest absolute Gasteiger partial charge is 0.269 e. The van der Waals surface area contributed by atoms with Crippen molar-refractivity contribution in [3.05, 3.63) is 34.4 Å². The van der Waals surface area contributed by atoms with E-state index < -0.39 is 4.92 Å². The van der Waals surface area contributed by atoms with Crippen molar-refractivity contribution in [2.75, 3.05) is 6.61 Å².